The average molecular weight is 272 g/mol. The fourth-order valence-electron chi connectivity index (χ4n) is 2.18. The number of rotatable bonds is 8. The first-order chi connectivity index (χ1) is 9.78. The van der Waals surface area contributed by atoms with Crippen molar-refractivity contribution in [3.63, 3.8) is 0 Å². The van der Waals surface area contributed by atoms with Crippen molar-refractivity contribution in [3.8, 4) is 0 Å². The van der Waals surface area contributed by atoms with E-state index in [0.717, 1.165) is 38.4 Å². The van der Waals surface area contributed by atoms with E-state index in [1.807, 2.05) is 6.26 Å². The molecule has 1 N–H and O–H groups in total. The number of nitrogens with one attached hydrogen (secondary N) is 1. The molecule has 0 unspecified atom stereocenters. The Balaban J connectivity index is 1.76. The van der Waals surface area contributed by atoms with Gasteiger partial charge in [-0.25, -0.2) is 0 Å². The molecule has 0 saturated carbocycles. The molecular weight excluding hydrogens is 248 g/mol. The Morgan fingerprint density at radius 2 is 1.95 bits per heavy atom. The van der Waals surface area contributed by atoms with E-state index in [1.54, 1.807) is 0 Å². The van der Waals surface area contributed by atoms with E-state index in [0.29, 0.717) is 0 Å². The summed E-state index contributed by atoms with van der Waals surface area (Å²) < 4.78 is 5.60. The molecule has 0 atom stereocenters. The number of nitrogens with zero attached hydrogens (tertiary/aromatic N) is 1. The number of benzene rings is 1. The van der Waals surface area contributed by atoms with Gasteiger partial charge >= 0.3 is 0 Å². The van der Waals surface area contributed by atoms with Gasteiger partial charge in [0.2, 0.25) is 0 Å². The molecule has 1 heterocycles. The summed E-state index contributed by atoms with van der Waals surface area (Å²) in [5, 5.41) is 3.30. The summed E-state index contributed by atoms with van der Waals surface area (Å²) in [6, 6.07) is 12.7. The molecule has 0 aliphatic heterocycles. The summed E-state index contributed by atoms with van der Waals surface area (Å²) in [7, 11) is 2.13. The molecule has 108 valence electrons. The van der Waals surface area contributed by atoms with E-state index >= 15 is 0 Å². The summed E-state index contributed by atoms with van der Waals surface area (Å²) in [5.74, 6) is 1.04. The van der Waals surface area contributed by atoms with Crippen LogP contribution in [0.3, 0.4) is 0 Å². The fourth-order valence-corrected chi connectivity index (χ4v) is 2.18. The standard InChI is InChI=1S/C17H24N2O/c1-3-18-12-16-11-17(20-14-16)13-19(2)10-9-15-7-5-4-6-8-15/h4-8,11,14,18H,3,9-10,12-13H2,1-2H3. The van der Waals surface area contributed by atoms with Crippen molar-refractivity contribution in [1.82, 2.24) is 10.2 Å². The van der Waals surface area contributed by atoms with E-state index in [4.69, 9.17) is 4.42 Å². The maximum absolute atomic E-state index is 5.60. The highest BCUT2D eigenvalue weighted by atomic mass is 16.3. The highest BCUT2D eigenvalue weighted by Crippen LogP contribution is 2.10. The van der Waals surface area contributed by atoms with Crippen LogP contribution in [0.4, 0.5) is 0 Å². The third-order valence-electron chi connectivity index (χ3n) is 3.34. The first-order valence-electron chi connectivity index (χ1n) is 7.27. The molecule has 3 heteroatoms. The molecule has 2 rings (SSSR count). The van der Waals surface area contributed by atoms with Crippen molar-refractivity contribution < 1.29 is 4.42 Å². The third-order valence-corrected chi connectivity index (χ3v) is 3.34. The molecule has 0 bridgehead atoms. The van der Waals surface area contributed by atoms with Crippen molar-refractivity contribution >= 4 is 0 Å². The van der Waals surface area contributed by atoms with E-state index in [2.05, 4.69) is 60.6 Å². The van der Waals surface area contributed by atoms with Crippen molar-refractivity contribution in [3.05, 3.63) is 59.5 Å². The van der Waals surface area contributed by atoms with Gasteiger partial charge in [-0.3, -0.25) is 4.90 Å². The molecule has 1 aromatic heterocycles. The van der Waals surface area contributed by atoms with E-state index in [-0.39, 0.29) is 0 Å². The predicted octanol–water partition coefficient (Wildman–Crippen LogP) is 3.06. The number of likely N-dealkylation sites (N-methyl/N-ethyl adjacent to an activating group) is 1. The van der Waals surface area contributed by atoms with Gasteiger partial charge in [-0.2, -0.15) is 0 Å². The number of furan rings is 1. The number of hydrogen-bond donors (Lipinski definition) is 1. The van der Waals surface area contributed by atoms with Gasteiger partial charge in [0.15, 0.2) is 0 Å². The van der Waals surface area contributed by atoms with E-state index in [9.17, 15) is 0 Å². The zero-order chi connectivity index (χ0) is 14.2. The van der Waals surface area contributed by atoms with Crippen LogP contribution < -0.4 is 5.32 Å². The first-order valence-corrected chi connectivity index (χ1v) is 7.27. The number of hydrogen-bond acceptors (Lipinski definition) is 3. The third kappa shape index (κ3) is 4.83. The smallest absolute Gasteiger partial charge is 0.118 e. The fraction of sp³-hybridized carbons (Fsp3) is 0.412. The second-order valence-electron chi connectivity index (χ2n) is 5.17. The Morgan fingerprint density at radius 3 is 2.70 bits per heavy atom. The Bertz CT molecular complexity index is 493. The normalized spacial score (nSPS) is 11.2. The molecule has 20 heavy (non-hydrogen) atoms. The van der Waals surface area contributed by atoms with Crippen LogP contribution in [0, 0.1) is 0 Å². The van der Waals surface area contributed by atoms with Crippen LogP contribution in [-0.4, -0.2) is 25.0 Å². The van der Waals surface area contributed by atoms with Gasteiger partial charge in [0.05, 0.1) is 12.8 Å². The van der Waals surface area contributed by atoms with Gasteiger partial charge in [0.25, 0.3) is 0 Å². The minimum absolute atomic E-state index is 0.860. The lowest BCUT2D eigenvalue weighted by Gasteiger charge is -2.14. The Kier molecular flexibility index (Phi) is 5.84. The Hall–Kier alpha value is -1.58. The highest BCUT2D eigenvalue weighted by Gasteiger charge is 2.05. The minimum atomic E-state index is 0.860. The topological polar surface area (TPSA) is 28.4 Å². The monoisotopic (exact) mass is 272 g/mol. The summed E-state index contributed by atoms with van der Waals surface area (Å²) in [4.78, 5) is 2.29. The van der Waals surface area contributed by atoms with Crippen molar-refractivity contribution in [2.24, 2.45) is 0 Å². The predicted molar refractivity (Wildman–Crippen MR) is 82.6 cm³/mol. The summed E-state index contributed by atoms with van der Waals surface area (Å²) in [6.45, 7) is 5.87. The Labute approximate surface area is 121 Å². The van der Waals surface area contributed by atoms with Crippen LogP contribution >= 0.6 is 0 Å². The van der Waals surface area contributed by atoms with Gasteiger partial charge in [-0.1, -0.05) is 37.3 Å². The zero-order valence-electron chi connectivity index (χ0n) is 12.4. The minimum Gasteiger partial charge on any atom is -0.468 e. The molecule has 0 aliphatic rings. The average Bonchev–Trinajstić information content (AvgIpc) is 2.91. The van der Waals surface area contributed by atoms with Crippen molar-refractivity contribution in [2.45, 2.75) is 26.4 Å². The molecule has 2 aromatic rings. The van der Waals surface area contributed by atoms with Crippen LogP contribution in [0.1, 0.15) is 23.8 Å². The van der Waals surface area contributed by atoms with Gasteiger partial charge in [-0.15, -0.1) is 0 Å². The molecule has 3 nitrogen and oxygen atoms in total. The zero-order valence-corrected chi connectivity index (χ0v) is 12.4. The molecule has 0 amide bonds. The van der Waals surface area contributed by atoms with Crippen LogP contribution in [-0.2, 0) is 19.5 Å². The molecule has 1 aromatic carbocycles. The maximum atomic E-state index is 5.60. The quantitative estimate of drug-likeness (QED) is 0.800. The lowest BCUT2D eigenvalue weighted by molar-refractivity contribution is 0.298. The molecule has 0 spiro atoms. The van der Waals surface area contributed by atoms with Crippen molar-refractivity contribution in [2.75, 3.05) is 20.1 Å². The lowest BCUT2D eigenvalue weighted by Crippen LogP contribution is -2.20. The van der Waals surface area contributed by atoms with Crippen LogP contribution in [0.25, 0.3) is 0 Å². The van der Waals surface area contributed by atoms with Gasteiger partial charge in [0, 0.05) is 18.7 Å². The van der Waals surface area contributed by atoms with E-state index in [1.165, 1.54) is 11.1 Å². The molecular formula is C17H24N2O. The highest BCUT2D eigenvalue weighted by molar-refractivity contribution is 5.15. The largest absolute Gasteiger partial charge is 0.468 e. The Morgan fingerprint density at radius 1 is 1.15 bits per heavy atom. The molecule has 0 fully saturated rings. The van der Waals surface area contributed by atoms with Crippen LogP contribution in [0.2, 0.25) is 0 Å². The second-order valence-corrected chi connectivity index (χ2v) is 5.17. The van der Waals surface area contributed by atoms with Gasteiger partial charge < -0.3 is 9.73 Å². The molecule has 0 aliphatic carbocycles. The summed E-state index contributed by atoms with van der Waals surface area (Å²) >= 11 is 0. The lowest BCUT2D eigenvalue weighted by atomic mass is 10.1. The maximum Gasteiger partial charge on any atom is 0.118 e. The molecule has 0 saturated heterocycles. The second kappa shape index (κ2) is 7.88. The SMILES string of the molecule is CCNCc1coc(CN(C)CCc2ccccc2)c1. The van der Waals surface area contributed by atoms with Crippen LogP contribution in [0.15, 0.2) is 47.1 Å². The summed E-state index contributed by atoms with van der Waals surface area (Å²) in [5.41, 5.74) is 2.60. The van der Waals surface area contributed by atoms with Crippen molar-refractivity contribution in [1.29, 1.82) is 0 Å². The van der Waals surface area contributed by atoms with E-state index < -0.39 is 0 Å². The van der Waals surface area contributed by atoms with Gasteiger partial charge in [-0.05, 0) is 31.6 Å². The molecule has 0 radical (unpaired) electrons. The van der Waals surface area contributed by atoms with Crippen LogP contribution in [0.5, 0.6) is 0 Å². The first kappa shape index (κ1) is 14.8. The van der Waals surface area contributed by atoms with Gasteiger partial charge in [0.1, 0.15) is 5.76 Å². The summed E-state index contributed by atoms with van der Waals surface area (Å²) in [6.07, 6.45) is 2.92.